The second kappa shape index (κ2) is 6.39. The van der Waals surface area contributed by atoms with E-state index >= 15 is 0 Å². The Bertz CT molecular complexity index is 361. The van der Waals surface area contributed by atoms with Crippen LogP contribution in [0.1, 0.15) is 38.2 Å². The van der Waals surface area contributed by atoms with Crippen molar-refractivity contribution in [2.24, 2.45) is 5.92 Å². The van der Waals surface area contributed by atoms with E-state index in [4.69, 9.17) is 4.42 Å². The fourth-order valence-corrected chi connectivity index (χ4v) is 2.69. The fourth-order valence-electron chi connectivity index (χ4n) is 2.69. The zero-order valence-corrected chi connectivity index (χ0v) is 11.9. The molecule has 0 aromatic carbocycles. The average molecular weight is 250 g/mol. The molecule has 102 valence electrons. The maximum atomic E-state index is 5.69. The third kappa shape index (κ3) is 3.85. The molecule has 0 spiro atoms. The quantitative estimate of drug-likeness (QED) is 0.894. The highest BCUT2D eigenvalue weighted by molar-refractivity contribution is 5.05. The van der Waals surface area contributed by atoms with Crippen molar-refractivity contribution >= 4 is 0 Å². The van der Waals surface area contributed by atoms with Gasteiger partial charge in [0.1, 0.15) is 11.5 Å². The van der Waals surface area contributed by atoms with Gasteiger partial charge in [-0.1, -0.05) is 13.8 Å². The zero-order chi connectivity index (χ0) is 13.0. The molecular weight excluding hydrogens is 224 g/mol. The largest absolute Gasteiger partial charge is 0.465 e. The van der Waals surface area contributed by atoms with Crippen molar-refractivity contribution in [2.45, 2.75) is 46.2 Å². The predicted octanol–water partition coefficient (Wildman–Crippen LogP) is 2.80. The van der Waals surface area contributed by atoms with Crippen molar-refractivity contribution in [3.8, 4) is 0 Å². The molecule has 2 atom stereocenters. The highest BCUT2D eigenvalue weighted by atomic mass is 16.3. The number of rotatable bonds is 3. The molecule has 1 aromatic rings. The van der Waals surface area contributed by atoms with Gasteiger partial charge in [-0.2, -0.15) is 0 Å². The summed E-state index contributed by atoms with van der Waals surface area (Å²) in [5.41, 5.74) is 0. The van der Waals surface area contributed by atoms with Crippen LogP contribution in [0.25, 0.3) is 0 Å². The lowest BCUT2D eigenvalue weighted by Crippen LogP contribution is -2.43. The van der Waals surface area contributed by atoms with Crippen molar-refractivity contribution in [3.63, 3.8) is 0 Å². The second-order valence-electron chi connectivity index (χ2n) is 5.65. The van der Waals surface area contributed by atoms with Crippen molar-refractivity contribution in [2.75, 3.05) is 19.6 Å². The van der Waals surface area contributed by atoms with E-state index in [2.05, 4.69) is 36.2 Å². The molecule has 1 N–H and O–H groups in total. The van der Waals surface area contributed by atoms with Crippen molar-refractivity contribution in [1.29, 1.82) is 0 Å². The second-order valence-corrected chi connectivity index (χ2v) is 5.65. The molecule has 18 heavy (non-hydrogen) atoms. The molecule has 1 fully saturated rings. The molecule has 1 saturated heterocycles. The fraction of sp³-hybridized carbons (Fsp3) is 0.733. The molecule has 3 heteroatoms. The maximum absolute atomic E-state index is 5.69. The number of hydrogen-bond acceptors (Lipinski definition) is 3. The minimum Gasteiger partial charge on any atom is -0.465 e. The monoisotopic (exact) mass is 250 g/mol. The Hall–Kier alpha value is -0.800. The molecule has 1 aromatic heterocycles. The molecule has 2 heterocycles. The van der Waals surface area contributed by atoms with Crippen LogP contribution in [-0.4, -0.2) is 30.6 Å². The summed E-state index contributed by atoms with van der Waals surface area (Å²) in [6, 6.07) is 4.83. The number of nitrogens with one attached hydrogen (secondary N) is 1. The van der Waals surface area contributed by atoms with Crippen LogP contribution in [0.15, 0.2) is 16.5 Å². The third-order valence-corrected chi connectivity index (χ3v) is 3.79. The molecular formula is C15H26N2O. The van der Waals surface area contributed by atoms with Gasteiger partial charge in [-0.3, -0.25) is 4.90 Å². The van der Waals surface area contributed by atoms with Crippen LogP contribution in [-0.2, 0) is 6.54 Å². The zero-order valence-electron chi connectivity index (χ0n) is 11.9. The van der Waals surface area contributed by atoms with E-state index in [0.29, 0.717) is 12.0 Å². The van der Waals surface area contributed by atoms with Crippen LogP contribution in [0.4, 0.5) is 0 Å². The number of nitrogens with zero attached hydrogens (tertiary/aromatic N) is 1. The van der Waals surface area contributed by atoms with Crippen LogP contribution in [0.2, 0.25) is 0 Å². The lowest BCUT2D eigenvalue weighted by molar-refractivity contribution is 0.178. The molecule has 0 bridgehead atoms. The Morgan fingerprint density at radius 3 is 2.94 bits per heavy atom. The van der Waals surface area contributed by atoms with Gasteiger partial charge in [0.2, 0.25) is 0 Å². The average Bonchev–Trinajstić information content (AvgIpc) is 2.72. The van der Waals surface area contributed by atoms with Gasteiger partial charge < -0.3 is 9.73 Å². The maximum Gasteiger partial charge on any atom is 0.118 e. The van der Waals surface area contributed by atoms with Gasteiger partial charge in [0.05, 0.1) is 6.54 Å². The Morgan fingerprint density at radius 1 is 1.44 bits per heavy atom. The summed E-state index contributed by atoms with van der Waals surface area (Å²) in [5.74, 6) is 2.81. The first-order chi connectivity index (χ1) is 8.67. The summed E-state index contributed by atoms with van der Waals surface area (Å²) in [5, 5.41) is 3.66. The Kier molecular flexibility index (Phi) is 4.84. The van der Waals surface area contributed by atoms with Crippen LogP contribution < -0.4 is 5.32 Å². The summed E-state index contributed by atoms with van der Waals surface area (Å²) in [6.45, 7) is 11.0. The van der Waals surface area contributed by atoms with Gasteiger partial charge in [-0.25, -0.2) is 0 Å². The summed E-state index contributed by atoms with van der Waals surface area (Å²) in [7, 11) is 0. The van der Waals surface area contributed by atoms with E-state index in [-0.39, 0.29) is 0 Å². The molecule has 2 rings (SSSR count). The van der Waals surface area contributed by atoms with E-state index in [1.54, 1.807) is 0 Å². The molecule has 1 aliphatic heterocycles. The van der Waals surface area contributed by atoms with E-state index in [0.717, 1.165) is 37.7 Å². The normalized spacial score (nSPS) is 26.8. The smallest absolute Gasteiger partial charge is 0.118 e. The van der Waals surface area contributed by atoms with Gasteiger partial charge >= 0.3 is 0 Å². The number of aryl methyl sites for hydroxylation is 1. The van der Waals surface area contributed by atoms with E-state index in [1.165, 1.54) is 12.8 Å². The summed E-state index contributed by atoms with van der Waals surface area (Å²) < 4.78 is 5.69. The lowest BCUT2D eigenvalue weighted by Gasteiger charge is -2.31. The standard InChI is InChI=1S/C15H26N2O/c1-4-14-7-8-17(10-12(2)9-16-14)11-15-6-5-13(3)18-15/h5-6,12,14,16H,4,7-11H2,1-3H3. The Labute approximate surface area is 111 Å². The number of hydrogen-bond donors (Lipinski definition) is 1. The molecule has 0 amide bonds. The highest BCUT2D eigenvalue weighted by Gasteiger charge is 2.18. The van der Waals surface area contributed by atoms with Crippen LogP contribution >= 0.6 is 0 Å². The lowest BCUT2D eigenvalue weighted by atomic mass is 10.0. The first-order valence-corrected chi connectivity index (χ1v) is 7.18. The van der Waals surface area contributed by atoms with Crippen molar-refractivity contribution < 1.29 is 4.42 Å². The van der Waals surface area contributed by atoms with Crippen LogP contribution in [0, 0.1) is 12.8 Å². The Balaban J connectivity index is 1.93. The molecule has 0 saturated carbocycles. The molecule has 3 nitrogen and oxygen atoms in total. The summed E-state index contributed by atoms with van der Waals surface area (Å²) in [4.78, 5) is 2.53. The van der Waals surface area contributed by atoms with E-state index in [1.807, 2.05) is 6.92 Å². The number of furan rings is 1. The van der Waals surface area contributed by atoms with Gasteiger partial charge in [0, 0.05) is 19.1 Å². The summed E-state index contributed by atoms with van der Waals surface area (Å²) >= 11 is 0. The summed E-state index contributed by atoms with van der Waals surface area (Å²) in [6.07, 6.45) is 2.46. The van der Waals surface area contributed by atoms with E-state index in [9.17, 15) is 0 Å². The highest BCUT2D eigenvalue weighted by Crippen LogP contribution is 2.14. The molecule has 0 radical (unpaired) electrons. The first kappa shape index (κ1) is 13.6. The minimum absolute atomic E-state index is 0.675. The van der Waals surface area contributed by atoms with Crippen LogP contribution in [0.5, 0.6) is 0 Å². The topological polar surface area (TPSA) is 28.4 Å². The van der Waals surface area contributed by atoms with E-state index < -0.39 is 0 Å². The van der Waals surface area contributed by atoms with Gasteiger partial charge in [-0.05, 0) is 44.4 Å². The first-order valence-electron chi connectivity index (χ1n) is 7.18. The van der Waals surface area contributed by atoms with Crippen molar-refractivity contribution in [3.05, 3.63) is 23.7 Å². The Morgan fingerprint density at radius 2 is 2.28 bits per heavy atom. The third-order valence-electron chi connectivity index (χ3n) is 3.79. The van der Waals surface area contributed by atoms with Gasteiger partial charge in [0.25, 0.3) is 0 Å². The molecule has 0 aliphatic carbocycles. The van der Waals surface area contributed by atoms with Crippen LogP contribution in [0.3, 0.4) is 0 Å². The SMILES string of the molecule is CCC1CCN(Cc2ccc(C)o2)CC(C)CN1. The molecule has 1 aliphatic rings. The van der Waals surface area contributed by atoms with Crippen molar-refractivity contribution in [1.82, 2.24) is 10.2 Å². The minimum atomic E-state index is 0.675. The van der Waals surface area contributed by atoms with Gasteiger partial charge in [-0.15, -0.1) is 0 Å². The predicted molar refractivity (Wildman–Crippen MR) is 74.6 cm³/mol. The molecule has 2 unspecified atom stereocenters. The van der Waals surface area contributed by atoms with Gasteiger partial charge in [0.15, 0.2) is 0 Å².